The third-order valence-electron chi connectivity index (χ3n) is 2.75. The molecule has 2 aromatic rings. The smallest absolute Gasteiger partial charge is 0.337 e. The quantitative estimate of drug-likeness (QED) is 0.821. The van der Waals surface area contributed by atoms with Gasteiger partial charge in [-0.15, -0.1) is 0 Å². The molecule has 1 aromatic heterocycles. The molecule has 5 heteroatoms. The number of nitrogen functional groups attached to an aromatic ring is 1. The molecule has 1 aromatic carbocycles. The van der Waals surface area contributed by atoms with Gasteiger partial charge in [-0.1, -0.05) is 6.07 Å². The van der Waals surface area contributed by atoms with E-state index in [0.717, 1.165) is 11.3 Å². The van der Waals surface area contributed by atoms with Gasteiger partial charge in [0, 0.05) is 18.0 Å². The van der Waals surface area contributed by atoms with Crippen molar-refractivity contribution in [2.75, 3.05) is 5.73 Å². The van der Waals surface area contributed by atoms with Crippen molar-refractivity contribution >= 4 is 11.7 Å². The normalized spacial score (nSPS) is 10.2. The summed E-state index contributed by atoms with van der Waals surface area (Å²) in [6.45, 7) is 2.27. The molecule has 0 aliphatic rings. The van der Waals surface area contributed by atoms with Crippen LogP contribution in [0.1, 0.15) is 21.6 Å². The summed E-state index contributed by atoms with van der Waals surface area (Å²) in [5.41, 5.74) is 7.77. The van der Waals surface area contributed by atoms with Crippen LogP contribution in [0.4, 0.5) is 5.69 Å². The Morgan fingerprint density at radius 3 is 2.84 bits per heavy atom. The molecule has 0 saturated heterocycles. The minimum absolute atomic E-state index is 0.0707. The fourth-order valence-electron chi connectivity index (χ4n) is 1.65. The van der Waals surface area contributed by atoms with E-state index in [4.69, 9.17) is 15.6 Å². The van der Waals surface area contributed by atoms with Crippen LogP contribution < -0.4 is 10.5 Å². The summed E-state index contributed by atoms with van der Waals surface area (Å²) in [5, 5.41) is 8.87. The largest absolute Gasteiger partial charge is 0.487 e. The molecule has 0 bridgehead atoms. The zero-order valence-electron chi connectivity index (χ0n) is 10.5. The summed E-state index contributed by atoms with van der Waals surface area (Å²) >= 11 is 0. The molecule has 0 amide bonds. The van der Waals surface area contributed by atoms with E-state index in [-0.39, 0.29) is 11.3 Å². The summed E-state index contributed by atoms with van der Waals surface area (Å²) < 4.78 is 5.55. The van der Waals surface area contributed by atoms with Gasteiger partial charge in [0.05, 0.1) is 11.3 Å². The molecule has 2 rings (SSSR count). The van der Waals surface area contributed by atoms with Crippen molar-refractivity contribution in [1.29, 1.82) is 0 Å². The maximum absolute atomic E-state index is 10.8. The summed E-state index contributed by atoms with van der Waals surface area (Å²) in [6.07, 6.45) is 1.70. The molecular formula is C14H14N2O3. The average molecular weight is 258 g/mol. The Morgan fingerprint density at radius 1 is 1.42 bits per heavy atom. The molecule has 0 atom stereocenters. The number of pyridine rings is 1. The van der Waals surface area contributed by atoms with Gasteiger partial charge in [-0.25, -0.2) is 4.79 Å². The Balaban J connectivity index is 2.11. The van der Waals surface area contributed by atoms with E-state index in [1.54, 1.807) is 12.3 Å². The third-order valence-corrected chi connectivity index (χ3v) is 2.75. The first-order chi connectivity index (χ1) is 9.08. The highest BCUT2D eigenvalue weighted by Crippen LogP contribution is 2.21. The molecule has 0 fully saturated rings. The summed E-state index contributed by atoms with van der Waals surface area (Å²) in [5.74, 6) is -0.530. The molecule has 1 heterocycles. The van der Waals surface area contributed by atoms with Gasteiger partial charge in [-0.3, -0.25) is 4.98 Å². The van der Waals surface area contributed by atoms with Crippen molar-refractivity contribution in [1.82, 2.24) is 4.98 Å². The van der Waals surface area contributed by atoms with Crippen molar-refractivity contribution in [2.24, 2.45) is 0 Å². The van der Waals surface area contributed by atoms with Crippen molar-refractivity contribution in [3.8, 4) is 5.75 Å². The maximum Gasteiger partial charge on any atom is 0.337 e. The highest BCUT2D eigenvalue weighted by atomic mass is 16.5. The van der Waals surface area contributed by atoms with Gasteiger partial charge >= 0.3 is 5.97 Å². The predicted molar refractivity (Wildman–Crippen MR) is 71.1 cm³/mol. The average Bonchev–Trinajstić information content (AvgIpc) is 2.37. The second-order valence-corrected chi connectivity index (χ2v) is 4.11. The second-order valence-electron chi connectivity index (χ2n) is 4.11. The lowest BCUT2D eigenvalue weighted by Gasteiger charge is -2.09. The first kappa shape index (κ1) is 12.9. The lowest BCUT2D eigenvalue weighted by atomic mass is 10.2. The number of carboxylic acid groups (broad SMARTS) is 1. The lowest BCUT2D eigenvalue weighted by Crippen LogP contribution is -2.04. The number of hydrogen-bond acceptors (Lipinski definition) is 4. The summed E-state index contributed by atoms with van der Waals surface area (Å²) in [7, 11) is 0. The van der Waals surface area contributed by atoms with Gasteiger partial charge in [0.15, 0.2) is 0 Å². The number of aromatic nitrogens is 1. The van der Waals surface area contributed by atoms with Crippen LogP contribution >= 0.6 is 0 Å². The molecule has 98 valence electrons. The fourth-order valence-corrected chi connectivity index (χ4v) is 1.65. The van der Waals surface area contributed by atoms with Gasteiger partial charge in [-0.2, -0.15) is 0 Å². The Bertz CT molecular complexity index is 611. The molecule has 3 N–H and O–H groups in total. The highest BCUT2D eigenvalue weighted by Gasteiger charge is 2.09. The highest BCUT2D eigenvalue weighted by molar-refractivity contribution is 5.93. The fraction of sp³-hybridized carbons (Fsp3) is 0.143. The van der Waals surface area contributed by atoms with Crippen molar-refractivity contribution in [3.63, 3.8) is 0 Å². The van der Waals surface area contributed by atoms with Gasteiger partial charge in [0.1, 0.15) is 12.4 Å². The van der Waals surface area contributed by atoms with Crippen molar-refractivity contribution in [3.05, 3.63) is 53.3 Å². The van der Waals surface area contributed by atoms with Crippen LogP contribution in [0.15, 0.2) is 36.5 Å². The summed E-state index contributed by atoms with van der Waals surface area (Å²) in [6, 6.07) is 8.32. The van der Waals surface area contributed by atoms with E-state index < -0.39 is 5.97 Å². The zero-order chi connectivity index (χ0) is 13.8. The first-order valence-corrected chi connectivity index (χ1v) is 5.74. The Morgan fingerprint density at radius 2 is 2.21 bits per heavy atom. The Kier molecular flexibility index (Phi) is 3.66. The van der Waals surface area contributed by atoms with Gasteiger partial charge in [-0.05, 0) is 30.7 Å². The van der Waals surface area contributed by atoms with Crippen LogP contribution in [0.5, 0.6) is 5.75 Å². The van der Waals surface area contributed by atoms with Crippen LogP contribution in [0.25, 0.3) is 0 Å². The van der Waals surface area contributed by atoms with Crippen LogP contribution in [0.2, 0.25) is 0 Å². The number of rotatable bonds is 4. The maximum atomic E-state index is 10.8. The van der Waals surface area contributed by atoms with Crippen LogP contribution in [0, 0.1) is 6.92 Å². The van der Waals surface area contributed by atoms with E-state index in [1.165, 1.54) is 12.1 Å². The number of ether oxygens (including phenoxy) is 1. The van der Waals surface area contributed by atoms with E-state index in [9.17, 15) is 4.79 Å². The number of benzene rings is 1. The lowest BCUT2D eigenvalue weighted by molar-refractivity contribution is 0.0698. The monoisotopic (exact) mass is 258 g/mol. The van der Waals surface area contributed by atoms with Crippen molar-refractivity contribution < 1.29 is 14.6 Å². The number of anilines is 1. The molecule has 0 unspecified atom stereocenters. The number of aryl methyl sites for hydroxylation is 1. The number of carboxylic acids is 1. The Hall–Kier alpha value is -2.56. The number of hydrogen-bond donors (Lipinski definition) is 2. The molecular weight excluding hydrogens is 244 g/mol. The second kappa shape index (κ2) is 5.39. The third kappa shape index (κ3) is 3.01. The SMILES string of the molecule is Cc1cccnc1COc1ccc(C(=O)O)c(N)c1. The van der Waals surface area contributed by atoms with Gasteiger partial charge < -0.3 is 15.6 Å². The molecule has 5 nitrogen and oxygen atoms in total. The topological polar surface area (TPSA) is 85.4 Å². The standard InChI is InChI=1S/C14H14N2O3/c1-9-3-2-6-16-13(9)8-19-10-4-5-11(14(17)18)12(15)7-10/h2-7H,8,15H2,1H3,(H,17,18). The molecule has 0 saturated carbocycles. The minimum Gasteiger partial charge on any atom is -0.487 e. The van der Waals surface area contributed by atoms with Gasteiger partial charge in [0.25, 0.3) is 0 Å². The molecule has 0 aliphatic carbocycles. The van der Waals surface area contributed by atoms with E-state index >= 15 is 0 Å². The minimum atomic E-state index is -1.05. The van der Waals surface area contributed by atoms with E-state index in [1.807, 2.05) is 19.1 Å². The van der Waals surface area contributed by atoms with Gasteiger partial charge in [0.2, 0.25) is 0 Å². The molecule has 0 radical (unpaired) electrons. The Labute approximate surface area is 110 Å². The van der Waals surface area contributed by atoms with Crippen molar-refractivity contribution in [2.45, 2.75) is 13.5 Å². The van der Waals surface area contributed by atoms with Crippen LogP contribution in [0.3, 0.4) is 0 Å². The molecule has 19 heavy (non-hydrogen) atoms. The molecule has 0 aliphatic heterocycles. The first-order valence-electron chi connectivity index (χ1n) is 5.74. The van der Waals surface area contributed by atoms with Crippen LogP contribution in [-0.2, 0) is 6.61 Å². The van der Waals surface area contributed by atoms with Crippen LogP contribution in [-0.4, -0.2) is 16.1 Å². The van der Waals surface area contributed by atoms with E-state index in [2.05, 4.69) is 4.98 Å². The number of carbonyl (C=O) groups is 1. The number of aromatic carboxylic acids is 1. The molecule has 0 spiro atoms. The predicted octanol–water partition coefficient (Wildman–Crippen LogP) is 2.25. The summed E-state index contributed by atoms with van der Waals surface area (Å²) in [4.78, 5) is 15.0. The van der Waals surface area contributed by atoms with E-state index in [0.29, 0.717) is 12.4 Å². The number of nitrogens with zero attached hydrogens (tertiary/aromatic N) is 1. The zero-order valence-corrected chi connectivity index (χ0v) is 10.5. The number of nitrogens with two attached hydrogens (primary N) is 1.